The molecule has 0 spiro atoms. The number of halogens is 2. The van der Waals surface area contributed by atoms with E-state index < -0.39 is 17.4 Å². The topological polar surface area (TPSA) is 86.8 Å². The minimum Gasteiger partial charge on any atom is -0.368 e. The predicted molar refractivity (Wildman–Crippen MR) is 122 cm³/mol. The van der Waals surface area contributed by atoms with Gasteiger partial charge in [-0.1, -0.05) is 6.07 Å². The van der Waals surface area contributed by atoms with Crippen LogP contribution >= 0.6 is 0 Å². The zero-order valence-electron chi connectivity index (χ0n) is 17.9. The minimum atomic E-state index is -0.961. The number of aromatic nitrogens is 4. The van der Waals surface area contributed by atoms with E-state index in [0.717, 1.165) is 22.9 Å². The highest BCUT2D eigenvalue weighted by Crippen LogP contribution is 2.45. The molecule has 0 bridgehead atoms. The van der Waals surface area contributed by atoms with E-state index in [2.05, 4.69) is 25.5 Å². The molecule has 168 valence electrons. The van der Waals surface area contributed by atoms with Crippen molar-refractivity contribution in [3.05, 3.63) is 66.2 Å². The molecule has 3 aromatic heterocycles. The van der Waals surface area contributed by atoms with Gasteiger partial charge in [-0.25, -0.2) is 8.78 Å². The summed E-state index contributed by atoms with van der Waals surface area (Å²) in [6.07, 6.45) is 1.75. The van der Waals surface area contributed by atoms with Crippen LogP contribution in [0.2, 0.25) is 0 Å². The van der Waals surface area contributed by atoms with Gasteiger partial charge < -0.3 is 15.2 Å². The Balaban J connectivity index is 1.32. The van der Waals surface area contributed by atoms with Crippen molar-refractivity contribution in [2.75, 3.05) is 23.8 Å². The maximum Gasteiger partial charge on any atom is 0.214 e. The van der Waals surface area contributed by atoms with E-state index in [-0.39, 0.29) is 18.5 Å². The average Bonchev–Trinajstić information content (AvgIpc) is 3.25. The average molecular weight is 448 g/mol. The molecule has 2 N–H and O–H groups in total. The molecule has 1 amide bonds. The third kappa shape index (κ3) is 3.90. The molecule has 0 radical (unpaired) electrons. The van der Waals surface area contributed by atoms with E-state index in [0.29, 0.717) is 23.9 Å². The Bertz CT molecular complexity index is 1300. The van der Waals surface area contributed by atoms with Gasteiger partial charge in [-0.2, -0.15) is 0 Å². The van der Waals surface area contributed by atoms with Gasteiger partial charge >= 0.3 is 0 Å². The number of carbonyl (C=O) groups excluding carboxylic acids is 1. The standard InChI is InChI=1S/C24H22F2N6O/c1-32(14-33)22-10-16-9-15(4-5-19(16)29-22)20-6-7-21(31-30-20)28-13-24(11-17(25)12-24)23-18(26)3-2-8-27-23/h2-10,14,17,29H,11-13H2,1H3,(H,28,31). The van der Waals surface area contributed by atoms with E-state index >= 15 is 0 Å². The van der Waals surface area contributed by atoms with Gasteiger partial charge in [0.2, 0.25) is 6.41 Å². The van der Waals surface area contributed by atoms with Gasteiger partial charge in [0.15, 0.2) is 0 Å². The van der Waals surface area contributed by atoms with Crippen molar-refractivity contribution < 1.29 is 13.6 Å². The Morgan fingerprint density at radius 1 is 1.21 bits per heavy atom. The molecule has 0 atom stereocenters. The third-order valence-electron chi connectivity index (χ3n) is 6.20. The second-order valence-corrected chi connectivity index (χ2v) is 8.45. The molecule has 0 aliphatic heterocycles. The first-order valence-electron chi connectivity index (χ1n) is 10.6. The van der Waals surface area contributed by atoms with Crippen LogP contribution < -0.4 is 10.2 Å². The van der Waals surface area contributed by atoms with Crippen molar-refractivity contribution in [1.82, 2.24) is 20.2 Å². The lowest BCUT2D eigenvalue weighted by molar-refractivity contribution is -0.107. The van der Waals surface area contributed by atoms with Gasteiger partial charge in [0.05, 0.1) is 11.4 Å². The van der Waals surface area contributed by atoms with E-state index in [9.17, 15) is 13.6 Å². The first-order valence-corrected chi connectivity index (χ1v) is 10.6. The zero-order valence-corrected chi connectivity index (χ0v) is 17.9. The zero-order chi connectivity index (χ0) is 23.0. The maximum absolute atomic E-state index is 14.3. The summed E-state index contributed by atoms with van der Waals surface area (Å²) < 4.78 is 28.1. The lowest BCUT2D eigenvalue weighted by Gasteiger charge is -2.44. The van der Waals surface area contributed by atoms with Crippen LogP contribution in [0, 0.1) is 5.82 Å². The highest BCUT2D eigenvalue weighted by Gasteiger charge is 2.48. The molecule has 5 rings (SSSR count). The molecule has 9 heteroatoms. The van der Waals surface area contributed by atoms with Crippen LogP contribution in [0.25, 0.3) is 22.2 Å². The summed E-state index contributed by atoms with van der Waals surface area (Å²) in [7, 11) is 1.68. The number of aromatic amines is 1. The molecule has 3 heterocycles. The number of rotatable bonds is 7. The Morgan fingerprint density at radius 2 is 2.06 bits per heavy atom. The van der Waals surface area contributed by atoms with Crippen LogP contribution in [0.4, 0.5) is 20.4 Å². The lowest BCUT2D eigenvalue weighted by atomic mass is 9.65. The van der Waals surface area contributed by atoms with Crippen LogP contribution in [-0.4, -0.2) is 46.3 Å². The number of carbonyl (C=O) groups is 1. The molecular weight excluding hydrogens is 426 g/mol. The summed E-state index contributed by atoms with van der Waals surface area (Å²) in [4.78, 5) is 19.8. The molecule has 4 aromatic rings. The molecule has 0 unspecified atom stereocenters. The molecule has 1 saturated carbocycles. The quantitative estimate of drug-likeness (QED) is 0.413. The number of benzene rings is 1. The first-order chi connectivity index (χ1) is 16.0. The summed E-state index contributed by atoms with van der Waals surface area (Å²) in [5, 5.41) is 12.7. The van der Waals surface area contributed by atoms with E-state index in [1.165, 1.54) is 23.2 Å². The SMILES string of the molecule is CN(C=O)c1cc2cc(-c3ccc(NCC4(c5ncccc5F)CC(F)C4)nn3)ccc2[nH]1. The number of hydrogen-bond donors (Lipinski definition) is 2. The fourth-order valence-corrected chi connectivity index (χ4v) is 4.35. The number of amides is 1. The number of H-pyrrole nitrogens is 1. The molecular formula is C24H22F2N6O. The molecule has 1 fully saturated rings. The van der Waals surface area contributed by atoms with E-state index in [4.69, 9.17) is 0 Å². The second kappa shape index (κ2) is 8.23. The number of fused-ring (bicyclic) bond motifs is 1. The highest BCUT2D eigenvalue weighted by atomic mass is 19.1. The Labute approximate surface area is 188 Å². The summed E-state index contributed by atoms with van der Waals surface area (Å²) >= 11 is 0. The second-order valence-electron chi connectivity index (χ2n) is 8.45. The van der Waals surface area contributed by atoms with Crippen LogP contribution in [0.3, 0.4) is 0 Å². The highest BCUT2D eigenvalue weighted by molar-refractivity contribution is 5.90. The fourth-order valence-electron chi connectivity index (χ4n) is 4.35. The number of alkyl halides is 1. The largest absolute Gasteiger partial charge is 0.368 e. The number of hydrogen-bond acceptors (Lipinski definition) is 5. The number of nitrogens with zero attached hydrogens (tertiary/aromatic N) is 4. The van der Waals surface area contributed by atoms with Crippen molar-refractivity contribution in [1.29, 1.82) is 0 Å². The van der Waals surface area contributed by atoms with Gasteiger partial charge in [0.25, 0.3) is 0 Å². The van der Waals surface area contributed by atoms with Crippen molar-refractivity contribution in [2.45, 2.75) is 24.4 Å². The predicted octanol–water partition coefficient (Wildman–Crippen LogP) is 4.23. The summed E-state index contributed by atoms with van der Waals surface area (Å²) in [5.74, 6) is 0.803. The van der Waals surface area contributed by atoms with Crippen LogP contribution in [-0.2, 0) is 10.2 Å². The summed E-state index contributed by atoms with van der Waals surface area (Å²) in [6.45, 7) is 0.317. The monoisotopic (exact) mass is 448 g/mol. The number of anilines is 2. The van der Waals surface area contributed by atoms with E-state index in [1.807, 2.05) is 30.3 Å². The molecule has 0 saturated heterocycles. The van der Waals surface area contributed by atoms with Crippen molar-refractivity contribution in [3.8, 4) is 11.3 Å². The molecule has 1 aliphatic rings. The van der Waals surface area contributed by atoms with Gasteiger partial charge in [-0.15, -0.1) is 10.2 Å². The Hall–Kier alpha value is -3.88. The fraction of sp³-hybridized carbons (Fsp3) is 0.250. The number of nitrogens with one attached hydrogen (secondary N) is 2. The van der Waals surface area contributed by atoms with Crippen LogP contribution in [0.15, 0.2) is 54.7 Å². The van der Waals surface area contributed by atoms with Crippen molar-refractivity contribution in [2.24, 2.45) is 0 Å². The van der Waals surface area contributed by atoms with Crippen LogP contribution in [0.1, 0.15) is 18.5 Å². The molecule has 1 aliphatic carbocycles. The van der Waals surface area contributed by atoms with Crippen molar-refractivity contribution >= 4 is 28.9 Å². The van der Waals surface area contributed by atoms with Gasteiger partial charge in [0.1, 0.15) is 23.6 Å². The van der Waals surface area contributed by atoms with E-state index in [1.54, 1.807) is 13.1 Å². The lowest BCUT2D eigenvalue weighted by Crippen LogP contribution is -2.49. The van der Waals surface area contributed by atoms with Gasteiger partial charge in [0, 0.05) is 41.7 Å². The smallest absolute Gasteiger partial charge is 0.214 e. The maximum atomic E-state index is 14.3. The Kier molecular flexibility index (Phi) is 5.24. The van der Waals surface area contributed by atoms with Crippen LogP contribution in [0.5, 0.6) is 0 Å². The molecule has 1 aromatic carbocycles. The summed E-state index contributed by atoms with van der Waals surface area (Å²) in [5.41, 5.74) is 2.07. The molecule has 33 heavy (non-hydrogen) atoms. The first kappa shape index (κ1) is 21.0. The van der Waals surface area contributed by atoms with Gasteiger partial charge in [-0.3, -0.25) is 9.78 Å². The Morgan fingerprint density at radius 3 is 2.76 bits per heavy atom. The summed E-state index contributed by atoms with van der Waals surface area (Å²) in [6, 6.07) is 14.2. The number of pyridine rings is 1. The minimum absolute atomic E-state index is 0.220. The van der Waals surface area contributed by atoms with Gasteiger partial charge in [-0.05, 0) is 55.3 Å². The molecule has 7 nitrogen and oxygen atoms in total. The normalized spacial score (nSPS) is 19.8. The third-order valence-corrected chi connectivity index (χ3v) is 6.20. The van der Waals surface area contributed by atoms with Crippen molar-refractivity contribution in [3.63, 3.8) is 0 Å².